The molecule has 2 aromatic rings. The second-order valence-electron chi connectivity index (χ2n) is 8.46. The number of aromatic hydroxyl groups is 1. The van der Waals surface area contributed by atoms with Crippen LogP contribution < -0.4 is 0 Å². The molecule has 0 aromatic heterocycles. The third-order valence-electron chi connectivity index (χ3n) is 4.16. The summed E-state index contributed by atoms with van der Waals surface area (Å²) in [6, 6.07) is 11.6. The molecule has 0 fully saturated rings. The molecule has 0 amide bonds. The molecule has 2 rings (SSSR count). The molecule has 5 heteroatoms. The molecule has 0 aliphatic carbocycles. The van der Waals surface area contributed by atoms with E-state index in [2.05, 4.69) is 0 Å². The molecule has 1 N–H and O–H groups in total. The molecule has 0 bridgehead atoms. The molecule has 0 spiro atoms. The van der Waals surface area contributed by atoms with Gasteiger partial charge in [-0.1, -0.05) is 59.7 Å². The standard InChI is InChI=1S/C22H26O4.Na.H/c1-21(2,3)16-12-15(13-17(18(16)23)22(4,5)6)20(25)26-19(24)14-10-8-7-9-11-14;;/h7-13,23H,1-6H3;;. The number of ether oxygens (including phenoxy) is 1. The van der Waals surface area contributed by atoms with Crippen molar-refractivity contribution in [1.29, 1.82) is 0 Å². The van der Waals surface area contributed by atoms with Crippen LogP contribution in [0.5, 0.6) is 5.75 Å². The van der Waals surface area contributed by atoms with Gasteiger partial charge in [0.25, 0.3) is 0 Å². The van der Waals surface area contributed by atoms with Gasteiger partial charge >= 0.3 is 41.5 Å². The van der Waals surface area contributed by atoms with E-state index in [-0.39, 0.29) is 51.7 Å². The first-order valence-electron chi connectivity index (χ1n) is 8.61. The zero-order chi connectivity index (χ0) is 19.7. The molecule has 140 valence electrons. The van der Waals surface area contributed by atoms with Crippen molar-refractivity contribution in [2.45, 2.75) is 52.4 Å². The fourth-order valence-corrected chi connectivity index (χ4v) is 2.67. The summed E-state index contributed by atoms with van der Waals surface area (Å²) >= 11 is 0. The molecule has 0 aliphatic heterocycles. The van der Waals surface area contributed by atoms with Crippen molar-refractivity contribution < 1.29 is 19.4 Å². The predicted molar refractivity (Wildman–Crippen MR) is 109 cm³/mol. The Morgan fingerprint density at radius 2 is 1.19 bits per heavy atom. The number of esters is 2. The Labute approximate surface area is 183 Å². The number of carbonyl (C=O) groups excluding carboxylic acids is 2. The fraction of sp³-hybridized carbons (Fsp3) is 0.364. The van der Waals surface area contributed by atoms with Gasteiger partial charge < -0.3 is 9.84 Å². The summed E-state index contributed by atoms with van der Waals surface area (Å²) in [5.41, 5.74) is 1.11. The average molecular weight is 378 g/mol. The van der Waals surface area contributed by atoms with Gasteiger partial charge in [-0.2, -0.15) is 0 Å². The van der Waals surface area contributed by atoms with Gasteiger partial charge in [-0.05, 0) is 35.1 Å². The zero-order valence-corrected chi connectivity index (χ0v) is 16.2. The normalized spacial score (nSPS) is 11.5. The molecule has 4 nitrogen and oxygen atoms in total. The number of rotatable bonds is 2. The molecular formula is C22H27NaO4. The van der Waals surface area contributed by atoms with Crippen molar-refractivity contribution >= 4 is 41.5 Å². The summed E-state index contributed by atoms with van der Waals surface area (Å²) in [7, 11) is 0. The Balaban J connectivity index is 0.00000364. The summed E-state index contributed by atoms with van der Waals surface area (Å²) in [5.74, 6) is -1.25. The Kier molecular flexibility index (Phi) is 7.45. The minimum atomic E-state index is -0.727. The first-order valence-corrected chi connectivity index (χ1v) is 8.61. The van der Waals surface area contributed by atoms with Crippen LogP contribution in [0, 0.1) is 0 Å². The second-order valence-corrected chi connectivity index (χ2v) is 8.46. The first-order chi connectivity index (χ1) is 11.9. The SMILES string of the molecule is CC(C)(C)c1cc(C(=O)OC(=O)c2ccccc2)cc(C(C)(C)C)c1O.[NaH]. The number of carbonyl (C=O) groups is 2. The average Bonchev–Trinajstić information content (AvgIpc) is 2.53. The number of phenols is 1. The van der Waals surface area contributed by atoms with E-state index in [9.17, 15) is 14.7 Å². The van der Waals surface area contributed by atoms with Gasteiger partial charge in [0.1, 0.15) is 5.75 Å². The van der Waals surface area contributed by atoms with E-state index in [1.54, 1.807) is 42.5 Å². The van der Waals surface area contributed by atoms with Crippen LogP contribution in [0.1, 0.15) is 73.4 Å². The molecule has 0 saturated heterocycles. The van der Waals surface area contributed by atoms with E-state index in [1.807, 2.05) is 41.5 Å². The maximum absolute atomic E-state index is 12.6. The predicted octanol–water partition coefficient (Wildman–Crippen LogP) is 4.34. The van der Waals surface area contributed by atoms with Gasteiger partial charge in [0, 0.05) is 11.1 Å². The van der Waals surface area contributed by atoms with E-state index in [0.717, 1.165) is 0 Å². The van der Waals surface area contributed by atoms with Gasteiger partial charge in [0.2, 0.25) is 0 Å². The van der Waals surface area contributed by atoms with Gasteiger partial charge in [-0.15, -0.1) is 0 Å². The van der Waals surface area contributed by atoms with Crippen molar-refractivity contribution in [3.63, 3.8) is 0 Å². The summed E-state index contributed by atoms with van der Waals surface area (Å²) in [5, 5.41) is 10.7. The number of hydrogen-bond donors (Lipinski definition) is 1. The van der Waals surface area contributed by atoms with Crippen LogP contribution in [-0.4, -0.2) is 46.6 Å². The van der Waals surface area contributed by atoms with Crippen LogP contribution >= 0.6 is 0 Å². The quantitative estimate of drug-likeness (QED) is 0.480. The molecule has 0 atom stereocenters. The summed E-state index contributed by atoms with van der Waals surface area (Å²) in [4.78, 5) is 24.7. The van der Waals surface area contributed by atoms with E-state index < -0.39 is 11.9 Å². The number of phenolic OH excluding ortho intramolecular Hbond substituents is 1. The summed E-state index contributed by atoms with van der Waals surface area (Å²) < 4.78 is 5.04. The van der Waals surface area contributed by atoms with Gasteiger partial charge in [-0.3, -0.25) is 0 Å². The van der Waals surface area contributed by atoms with E-state index in [1.165, 1.54) is 0 Å². The number of benzene rings is 2. The van der Waals surface area contributed by atoms with Crippen LogP contribution in [-0.2, 0) is 15.6 Å². The van der Waals surface area contributed by atoms with E-state index in [0.29, 0.717) is 16.7 Å². The topological polar surface area (TPSA) is 63.6 Å². The third kappa shape index (κ3) is 5.68. The fourth-order valence-electron chi connectivity index (χ4n) is 2.67. The van der Waals surface area contributed by atoms with Crippen molar-refractivity contribution in [1.82, 2.24) is 0 Å². The second kappa shape index (κ2) is 8.59. The molecule has 2 aromatic carbocycles. The minimum absolute atomic E-state index is 0. The Hall–Kier alpha value is -1.62. The van der Waals surface area contributed by atoms with Crippen molar-refractivity contribution in [3.8, 4) is 5.75 Å². The molecule has 0 saturated carbocycles. The van der Waals surface area contributed by atoms with Gasteiger partial charge in [0.05, 0.1) is 11.1 Å². The van der Waals surface area contributed by atoms with E-state index in [4.69, 9.17) is 4.74 Å². The summed E-state index contributed by atoms with van der Waals surface area (Å²) in [6.45, 7) is 11.7. The van der Waals surface area contributed by atoms with Gasteiger partial charge in [0.15, 0.2) is 0 Å². The van der Waals surface area contributed by atoms with Crippen molar-refractivity contribution in [3.05, 3.63) is 64.7 Å². The van der Waals surface area contributed by atoms with Gasteiger partial charge in [-0.25, -0.2) is 9.59 Å². The summed E-state index contributed by atoms with van der Waals surface area (Å²) in [6.07, 6.45) is 0. The maximum atomic E-state index is 12.6. The molecular weight excluding hydrogens is 351 g/mol. The van der Waals surface area contributed by atoms with Crippen LogP contribution in [0.15, 0.2) is 42.5 Å². The molecule has 27 heavy (non-hydrogen) atoms. The first kappa shape index (κ1) is 23.4. The van der Waals surface area contributed by atoms with Crippen LogP contribution in [0.3, 0.4) is 0 Å². The van der Waals surface area contributed by atoms with Crippen LogP contribution in [0.4, 0.5) is 0 Å². The van der Waals surface area contributed by atoms with E-state index >= 15 is 0 Å². The van der Waals surface area contributed by atoms with Crippen LogP contribution in [0.2, 0.25) is 0 Å². The van der Waals surface area contributed by atoms with Crippen molar-refractivity contribution in [2.75, 3.05) is 0 Å². The Morgan fingerprint density at radius 1 is 0.778 bits per heavy atom. The molecule has 0 aliphatic rings. The molecule has 0 heterocycles. The third-order valence-corrected chi connectivity index (χ3v) is 4.16. The molecule has 0 unspecified atom stereocenters. The Morgan fingerprint density at radius 3 is 1.59 bits per heavy atom. The van der Waals surface area contributed by atoms with Crippen molar-refractivity contribution in [2.24, 2.45) is 0 Å². The number of hydrogen-bond acceptors (Lipinski definition) is 4. The zero-order valence-electron chi connectivity index (χ0n) is 16.2. The Bertz CT molecular complexity index is 793. The van der Waals surface area contributed by atoms with Crippen LogP contribution in [0.25, 0.3) is 0 Å². The monoisotopic (exact) mass is 378 g/mol. The molecule has 0 radical (unpaired) electrons.